The third kappa shape index (κ3) is 3.57. The fourth-order valence-electron chi connectivity index (χ4n) is 1.89. The SMILES string of the molecule is CCCCc1nc2ccc(NC/C(=C/F)CN)cc2o1. The minimum Gasteiger partial charge on any atom is -0.441 e. The lowest BCUT2D eigenvalue weighted by molar-refractivity contribution is 0.518. The molecule has 1 aromatic carbocycles. The number of rotatable bonds is 7. The van der Waals surface area contributed by atoms with Crippen molar-refractivity contribution in [2.75, 3.05) is 18.4 Å². The molecule has 20 heavy (non-hydrogen) atoms. The van der Waals surface area contributed by atoms with Crippen LogP contribution in [0.3, 0.4) is 0 Å². The van der Waals surface area contributed by atoms with Gasteiger partial charge in [0, 0.05) is 31.3 Å². The van der Waals surface area contributed by atoms with Gasteiger partial charge in [0.2, 0.25) is 0 Å². The van der Waals surface area contributed by atoms with Gasteiger partial charge in [-0.3, -0.25) is 0 Å². The Morgan fingerprint density at radius 2 is 2.35 bits per heavy atom. The summed E-state index contributed by atoms with van der Waals surface area (Å²) in [7, 11) is 0. The van der Waals surface area contributed by atoms with Crippen LogP contribution in [0.2, 0.25) is 0 Å². The second-order valence-corrected chi connectivity index (χ2v) is 4.72. The molecular weight excluding hydrogens is 257 g/mol. The molecule has 0 aliphatic heterocycles. The number of fused-ring (bicyclic) bond motifs is 1. The van der Waals surface area contributed by atoms with E-state index in [9.17, 15) is 4.39 Å². The largest absolute Gasteiger partial charge is 0.441 e. The average molecular weight is 277 g/mol. The quantitative estimate of drug-likeness (QED) is 0.814. The monoisotopic (exact) mass is 277 g/mol. The van der Waals surface area contributed by atoms with Crippen LogP contribution < -0.4 is 11.1 Å². The molecule has 0 unspecified atom stereocenters. The molecule has 2 aromatic rings. The molecule has 4 nitrogen and oxygen atoms in total. The Hall–Kier alpha value is -1.88. The van der Waals surface area contributed by atoms with Gasteiger partial charge in [0.25, 0.3) is 0 Å². The molecule has 0 saturated carbocycles. The van der Waals surface area contributed by atoms with Crippen LogP contribution in [0.15, 0.2) is 34.5 Å². The Labute approximate surface area is 117 Å². The predicted octanol–water partition coefficient (Wildman–Crippen LogP) is 3.39. The Balaban J connectivity index is 2.08. The van der Waals surface area contributed by atoms with Crippen molar-refractivity contribution in [1.82, 2.24) is 4.98 Å². The number of anilines is 1. The van der Waals surface area contributed by atoms with Gasteiger partial charge in [0.1, 0.15) is 5.52 Å². The molecule has 3 N–H and O–H groups in total. The number of nitrogens with two attached hydrogens (primary N) is 1. The van der Waals surface area contributed by atoms with E-state index in [0.29, 0.717) is 18.4 Å². The van der Waals surface area contributed by atoms with Gasteiger partial charge in [0.15, 0.2) is 11.5 Å². The van der Waals surface area contributed by atoms with Crippen LogP contribution in [-0.4, -0.2) is 18.1 Å². The van der Waals surface area contributed by atoms with Crippen LogP contribution in [0.25, 0.3) is 11.1 Å². The molecule has 0 atom stereocenters. The maximum absolute atomic E-state index is 12.4. The number of aromatic nitrogens is 1. The summed E-state index contributed by atoms with van der Waals surface area (Å²) in [6.07, 6.45) is 3.58. The first-order valence-corrected chi connectivity index (χ1v) is 6.88. The Morgan fingerprint density at radius 3 is 3.05 bits per heavy atom. The number of halogens is 1. The fourth-order valence-corrected chi connectivity index (χ4v) is 1.89. The van der Waals surface area contributed by atoms with Crippen molar-refractivity contribution in [3.8, 4) is 0 Å². The molecule has 1 heterocycles. The molecule has 2 rings (SSSR count). The molecular formula is C15H20FN3O. The highest BCUT2D eigenvalue weighted by Gasteiger charge is 2.06. The molecule has 0 fully saturated rings. The predicted molar refractivity (Wildman–Crippen MR) is 79.4 cm³/mol. The van der Waals surface area contributed by atoms with Crippen molar-refractivity contribution in [1.29, 1.82) is 0 Å². The van der Waals surface area contributed by atoms with Crippen molar-refractivity contribution in [2.45, 2.75) is 26.2 Å². The first-order chi connectivity index (χ1) is 9.76. The summed E-state index contributed by atoms with van der Waals surface area (Å²) in [6.45, 7) is 2.72. The van der Waals surface area contributed by atoms with E-state index < -0.39 is 0 Å². The van der Waals surface area contributed by atoms with Crippen LogP contribution in [0.1, 0.15) is 25.7 Å². The zero-order valence-electron chi connectivity index (χ0n) is 11.7. The maximum Gasteiger partial charge on any atom is 0.195 e. The third-order valence-electron chi connectivity index (χ3n) is 3.11. The third-order valence-corrected chi connectivity index (χ3v) is 3.11. The molecule has 0 spiro atoms. The highest BCUT2D eigenvalue weighted by Crippen LogP contribution is 2.21. The summed E-state index contributed by atoms with van der Waals surface area (Å²) in [5.41, 5.74) is 8.39. The molecule has 0 saturated heterocycles. The van der Waals surface area contributed by atoms with E-state index in [2.05, 4.69) is 17.2 Å². The minimum absolute atomic E-state index is 0.204. The summed E-state index contributed by atoms with van der Waals surface area (Å²) in [4.78, 5) is 4.43. The van der Waals surface area contributed by atoms with E-state index in [-0.39, 0.29) is 6.54 Å². The van der Waals surface area contributed by atoms with Crippen LogP contribution >= 0.6 is 0 Å². The lowest BCUT2D eigenvalue weighted by atomic mass is 10.2. The van der Waals surface area contributed by atoms with Gasteiger partial charge in [-0.1, -0.05) is 13.3 Å². The maximum atomic E-state index is 12.4. The number of unbranched alkanes of at least 4 members (excludes halogenated alkanes) is 1. The number of benzene rings is 1. The highest BCUT2D eigenvalue weighted by molar-refractivity contribution is 5.77. The van der Waals surface area contributed by atoms with Crippen LogP contribution in [0.4, 0.5) is 10.1 Å². The number of aryl methyl sites for hydroxylation is 1. The number of oxazole rings is 1. The molecule has 5 heteroatoms. The summed E-state index contributed by atoms with van der Waals surface area (Å²) in [5.74, 6) is 0.769. The van der Waals surface area contributed by atoms with Crippen molar-refractivity contribution >= 4 is 16.8 Å². The second kappa shape index (κ2) is 7.05. The summed E-state index contributed by atoms with van der Waals surface area (Å²) < 4.78 is 18.1. The summed E-state index contributed by atoms with van der Waals surface area (Å²) >= 11 is 0. The Bertz CT molecular complexity index is 592. The normalized spacial score (nSPS) is 12.1. The van der Waals surface area contributed by atoms with Gasteiger partial charge in [-0.25, -0.2) is 9.37 Å². The number of hydrogen-bond donors (Lipinski definition) is 2. The summed E-state index contributed by atoms with van der Waals surface area (Å²) in [6, 6.07) is 5.68. The van der Waals surface area contributed by atoms with Gasteiger partial charge in [-0.2, -0.15) is 0 Å². The molecule has 0 amide bonds. The van der Waals surface area contributed by atoms with Gasteiger partial charge >= 0.3 is 0 Å². The van der Waals surface area contributed by atoms with E-state index in [1.807, 2.05) is 18.2 Å². The molecule has 0 bridgehead atoms. The van der Waals surface area contributed by atoms with Gasteiger partial charge in [0.05, 0.1) is 6.33 Å². The number of nitrogens with one attached hydrogen (secondary N) is 1. The van der Waals surface area contributed by atoms with E-state index in [0.717, 1.165) is 41.9 Å². The molecule has 0 aliphatic carbocycles. The highest BCUT2D eigenvalue weighted by atomic mass is 19.1. The Morgan fingerprint density at radius 1 is 1.50 bits per heavy atom. The van der Waals surface area contributed by atoms with Crippen LogP contribution in [0.5, 0.6) is 0 Å². The lowest BCUT2D eigenvalue weighted by Gasteiger charge is -2.06. The molecule has 0 radical (unpaired) electrons. The lowest BCUT2D eigenvalue weighted by Crippen LogP contribution is -2.12. The van der Waals surface area contributed by atoms with E-state index >= 15 is 0 Å². The zero-order valence-corrected chi connectivity index (χ0v) is 11.7. The molecule has 0 aliphatic rings. The Kier molecular flexibility index (Phi) is 5.12. The first kappa shape index (κ1) is 14.5. The van der Waals surface area contributed by atoms with E-state index in [1.54, 1.807) is 0 Å². The molecule has 108 valence electrons. The van der Waals surface area contributed by atoms with Crippen LogP contribution in [0, 0.1) is 0 Å². The van der Waals surface area contributed by atoms with Crippen molar-refractivity contribution in [2.24, 2.45) is 5.73 Å². The zero-order chi connectivity index (χ0) is 14.4. The van der Waals surface area contributed by atoms with Gasteiger partial charge < -0.3 is 15.5 Å². The van der Waals surface area contributed by atoms with Crippen molar-refractivity contribution in [3.05, 3.63) is 36.0 Å². The number of hydrogen-bond acceptors (Lipinski definition) is 4. The van der Waals surface area contributed by atoms with Crippen molar-refractivity contribution < 1.29 is 8.81 Å². The minimum atomic E-state index is 0.204. The standard InChI is InChI=1S/C15H20FN3O/c1-2-3-4-15-19-13-6-5-12(7-14(13)20-15)18-10-11(8-16)9-17/h5-8,18H,2-4,9-10,17H2,1H3/b11-8+. The fraction of sp³-hybridized carbons (Fsp3) is 0.400. The summed E-state index contributed by atoms with van der Waals surface area (Å²) in [5, 5.41) is 3.12. The van der Waals surface area contributed by atoms with Crippen LogP contribution in [-0.2, 0) is 6.42 Å². The number of nitrogens with zero attached hydrogens (tertiary/aromatic N) is 1. The second-order valence-electron chi connectivity index (χ2n) is 4.72. The average Bonchev–Trinajstić information content (AvgIpc) is 2.88. The van der Waals surface area contributed by atoms with Crippen molar-refractivity contribution in [3.63, 3.8) is 0 Å². The first-order valence-electron chi connectivity index (χ1n) is 6.88. The van der Waals surface area contributed by atoms with Gasteiger partial charge in [-0.05, 0) is 24.1 Å². The van der Waals surface area contributed by atoms with E-state index in [1.165, 1.54) is 0 Å². The molecule has 1 aromatic heterocycles. The topological polar surface area (TPSA) is 64.1 Å². The van der Waals surface area contributed by atoms with E-state index in [4.69, 9.17) is 10.2 Å². The smallest absolute Gasteiger partial charge is 0.195 e. The van der Waals surface area contributed by atoms with Gasteiger partial charge in [-0.15, -0.1) is 0 Å².